The largest absolute Gasteiger partial charge is 0.493 e. The van der Waals surface area contributed by atoms with Crippen LogP contribution in [0.25, 0.3) is 0 Å². The summed E-state index contributed by atoms with van der Waals surface area (Å²) in [6, 6.07) is 11.3. The molecule has 3 heteroatoms. The molecule has 2 rings (SSSR count). The first-order valence-electron chi connectivity index (χ1n) is 5.00. The van der Waals surface area contributed by atoms with Crippen molar-refractivity contribution in [2.45, 2.75) is 6.42 Å². The highest BCUT2D eigenvalue weighted by Gasteiger charge is 2.04. The molecule has 0 unspecified atom stereocenters. The molecule has 0 aliphatic heterocycles. The number of hydrogen-bond donors (Lipinski definition) is 0. The summed E-state index contributed by atoms with van der Waals surface area (Å²) in [4.78, 5) is 13.2. The Morgan fingerprint density at radius 2 is 2.00 bits per heavy atom. The zero-order valence-electron chi connectivity index (χ0n) is 8.97. The van der Waals surface area contributed by atoms with Crippen LogP contribution >= 0.6 is 11.3 Å². The van der Waals surface area contributed by atoms with Crippen LogP contribution in [0.1, 0.15) is 10.4 Å². The second kappa shape index (κ2) is 4.94. The van der Waals surface area contributed by atoms with Crippen molar-refractivity contribution >= 4 is 11.3 Å². The van der Waals surface area contributed by atoms with Gasteiger partial charge in [0.1, 0.15) is 0 Å². The van der Waals surface area contributed by atoms with Crippen molar-refractivity contribution in [2.75, 3.05) is 7.11 Å². The predicted molar refractivity (Wildman–Crippen MR) is 66.4 cm³/mol. The number of hydrogen-bond acceptors (Lipinski definition) is 3. The summed E-state index contributed by atoms with van der Waals surface area (Å²) >= 11 is 1.66. The van der Waals surface area contributed by atoms with E-state index in [-0.39, 0.29) is 5.43 Å². The van der Waals surface area contributed by atoms with Crippen molar-refractivity contribution in [3.8, 4) is 5.75 Å². The van der Waals surface area contributed by atoms with Gasteiger partial charge in [-0.25, -0.2) is 0 Å². The Morgan fingerprint density at radius 1 is 1.19 bits per heavy atom. The molecule has 0 aliphatic rings. The number of thiophene rings is 1. The molecule has 0 N–H and O–H groups in total. The van der Waals surface area contributed by atoms with Gasteiger partial charge in [-0.1, -0.05) is 24.3 Å². The smallest absolute Gasteiger partial charge is 0.223 e. The third-order valence-corrected chi connectivity index (χ3v) is 3.21. The molecule has 16 heavy (non-hydrogen) atoms. The van der Waals surface area contributed by atoms with Gasteiger partial charge in [0.2, 0.25) is 5.43 Å². The highest BCUT2D eigenvalue weighted by atomic mass is 32.1. The van der Waals surface area contributed by atoms with Gasteiger partial charge in [0, 0.05) is 16.9 Å². The van der Waals surface area contributed by atoms with Gasteiger partial charge in [-0.05, 0) is 17.5 Å². The van der Waals surface area contributed by atoms with Gasteiger partial charge >= 0.3 is 0 Å². The summed E-state index contributed by atoms with van der Waals surface area (Å²) in [6.45, 7) is 0. The van der Waals surface area contributed by atoms with E-state index in [0.29, 0.717) is 12.2 Å². The molecule has 0 saturated carbocycles. The summed E-state index contributed by atoms with van der Waals surface area (Å²) in [7, 11) is 1.52. The van der Waals surface area contributed by atoms with E-state index in [2.05, 4.69) is 0 Å². The normalized spacial score (nSPS) is 10.1. The molecule has 1 aromatic heterocycles. The van der Waals surface area contributed by atoms with E-state index < -0.39 is 0 Å². The lowest BCUT2D eigenvalue weighted by atomic mass is 10.2. The predicted octanol–water partition coefficient (Wildman–Crippen LogP) is 2.71. The third-order valence-electron chi connectivity index (χ3n) is 2.34. The Hall–Kier alpha value is -1.61. The fourth-order valence-corrected chi connectivity index (χ4v) is 2.25. The second-order valence-electron chi connectivity index (χ2n) is 3.40. The van der Waals surface area contributed by atoms with Crippen molar-refractivity contribution in [1.29, 1.82) is 0 Å². The van der Waals surface area contributed by atoms with Crippen molar-refractivity contribution in [2.24, 2.45) is 0 Å². The lowest BCUT2D eigenvalue weighted by Crippen LogP contribution is -2.08. The quantitative estimate of drug-likeness (QED) is 0.813. The van der Waals surface area contributed by atoms with Gasteiger partial charge in [-0.2, -0.15) is 0 Å². The third kappa shape index (κ3) is 2.31. The van der Waals surface area contributed by atoms with Gasteiger partial charge in [0.05, 0.1) is 7.11 Å². The van der Waals surface area contributed by atoms with Crippen LogP contribution < -0.4 is 10.2 Å². The van der Waals surface area contributed by atoms with E-state index in [0.717, 1.165) is 5.56 Å². The summed E-state index contributed by atoms with van der Waals surface area (Å²) in [6.07, 6.45) is 0.668. The first kappa shape index (κ1) is 10.9. The molecule has 0 radical (unpaired) electrons. The van der Waals surface area contributed by atoms with Crippen LogP contribution in [-0.2, 0) is 6.42 Å². The Kier molecular flexibility index (Phi) is 3.37. The SMILES string of the molecule is COc1ccccc(Cc2cccs2)c1=O. The molecule has 0 saturated heterocycles. The van der Waals surface area contributed by atoms with E-state index >= 15 is 0 Å². The summed E-state index contributed by atoms with van der Waals surface area (Å²) < 4.78 is 5.06. The molecule has 82 valence electrons. The monoisotopic (exact) mass is 232 g/mol. The van der Waals surface area contributed by atoms with Gasteiger partial charge in [-0.15, -0.1) is 11.3 Å². The van der Waals surface area contributed by atoms with E-state index in [9.17, 15) is 4.79 Å². The maximum Gasteiger partial charge on any atom is 0.223 e. The van der Waals surface area contributed by atoms with Gasteiger partial charge in [0.15, 0.2) is 5.75 Å². The Labute approximate surface area is 98.1 Å². The molecule has 2 aromatic rings. The highest BCUT2D eigenvalue weighted by Crippen LogP contribution is 2.13. The van der Waals surface area contributed by atoms with Crippen molar-refractivity contribution in [3.63, 3.8) is 0 Å². The molecule has 0 fully saturated rings. The van der Waals surface area contributed by atoms with Crippen LogP contribution in [0, 0.1) is 0 Å². The lowest BCUT2D eigenvalue weighted by molar-refractivity contribution is 0.411. The maximum atomic E-state index is 12.0. The molecule has 1 aromatic carbocycles. The molecule has 2 nitrogen and oxygen atoms in total. The number of ether oxygens (including phenoxy) is 1. The Morgan fingerprint density at radius 3 is 2.69 bits per heavy atom. The standard InChI is InChI=1S/C13H12O2S/c1-15-12-7-3-2-5-10(13(12)14)9-11-6-4-8-16-11/h2-8H,9H2,1H3. The van der Waals surface area contributed by atoms with Crippen LogP contribution in [0.15, 0.2) is 46.6 Å². The second-order valence-corrected chi connectivity index (χ2v) is 4.43. The summed E-state index contributed by atoms with van der Waals surface area (Å²) in [5, 5.41) is 2.01. The number of methoxy groups -OCH3 is 1. The van der Waals surface area contributed by atoms with Gasteiger partial charge in [0.25, 0.3) is 0 Å². The van der Waals surface area contributed by atoms with Crippen LogP contribution in [0.4, 0.5) is 0 Å². The van der Waals surface area contributed by atoms with Crippen molar-refractivity contribution < 1.29 is 4.74 Å². The van der Waals surface area contributed by atoms with Crippen LogP contribution in [-0.4, -0.2) is 7.11 Å². The molecule has 0 aliphatic carbocycles. The van der Waals surface area contributed by atoms with E-state index in [1.807, 2.05) is 35.7 Å². The topological polar surface area (TPSA) is 26.3 Å². The van der Waals surface area contributed by atoms with E-state index in [1.165, 1.54) is 12.0 Å². The first-order chi connectivity index (χ1) is 7.81. The van der Waals surface area contributed by atoms with E-state index in [1.54, 1.807) is 17.4 Å². The maximum absolute atomic E-state index is 12.0. The molecule has 0 bridgehead atoms. The van der Waals surface area contributed by atoms with Crippen LogP contribution in [0.5, 0.6) is 5.75 Å². The Balaban J connectivity index is 2.42. The van der Waals surface area contributed by atoms with Gasteiger partial charge in [-0.3, -0.25) is 4.79 Å². The molecular formula is C13H12O2S. The number of rotatable bonds is 3. The van der Waals surface area contributed by atoms with Gasteiger partial charge < -0.3 is 4.74 Å². The lowest BCUT2D eigenvalue weighted by Gasteiger charge is -1.97. The molecule has 0 amide bonds. The molecule has 1 heterocycles. The van der Waals surface area contributed by atoms with Crippen LogP contribution in [0.2, 0.25) is 0 Å². The fourth-order valence-electron chi connectivity index (χ4n) is 1.53. The van der Waals surface area contributed by atoms with Crippen molar-refractivity contribution in [3.05, 3.63) is 62.4 Å². The highest BCUT2D eigenvalue weighted by molar-refractivity contribution is 7.09. The zero-order valence-corrected chi connectivity index (χ0v) is 9.79. The molecule has 0 spiro atoms. The minimum atomic E-state index is -0.0269. The van der Waals surface area contributed by atoms with Crippen molar-refractivity contribution in [1.82, 2.24) is 0 Å². The minimum absolute atomic E-state index is 0.0269. The molecular weight excluding hydrogens is 220 g/mol. The Bertz CT molecular complexity index is 518. The average Bonchev–Trinajstić information content (AvgIpc) is 2.73. The average molecular weight is 232 g/mol. The zero-order chi connectivity index (χ0) is 11.4. The minimum Gasteiger partial charge on any atom is -0.493 e. The summed E-state index contributed by atoms with van der Waals surface area (Å²) in [5.41, 5.74) is 0.741. The molecule has 0 atom stereocenters. The summed E-state index contributed by atoms with van der Waals surface area (Å²) in [5.74, 6) is 0.400. The van der Waals surface area contributed by atoms with E-state index in [4.69, 9.17) is 4.74 Å². The van der Waals surface area contributed by atoms with Crippen LogP contribution in [0.3, 0.4) is 0 Å². The fraction of sp³-hybridized carbons (Fsp3) is 0.154. The first-order valence-corrected chi connectivity index (χ1v) is 5.88.